The maximum atomic E-state index is 14.5. The van der Waals surface area contributed by atoms with Crippen molar-refractivity contribution in [2.75, 3.05) is 0 Å². The monoisotopic (exact) mass is 346 g/mol. The molecule has 0 spiro atoms. The normalized spacial score (nSPS) is 15.4. The molecule has 0 bridgehead atoms. The number of hydrogen-bond acceptors (Lipinski definition) is 2. The standard InChI is InChI=1S/C20H13BF2N2O/c22-21(23)25-13-4-3-10-19(25)24-20(26-21)18-9-5-8-16-15-7-2-1-6-14(15)11-12-17(16)18/h1-13H. The Hall–Kier alpha value is -3.28. The van der Waals surface area contributed by atoms with Crippen molar-refractivity contribution in [2.24, 2.45) is 4.99 Å². The molecule has 26 heavy (non-hydrogen) atoms. The van der Waals surface area contributed by atoms with Crippen LogP contribution in [-0.4, -0.2) is 12.9 Å². The SMILES string of the molecule is F[B-]1(F)OC(c2cccc3c2ccc2ccccc23)=Nc2cccc[n+]21. The molecule has 0 amide bonds. The summed E-state index contributed by atoms with van der Waals surface area (Å²) in [5.41, 5.74) is 0.560. The molecule has 126 valence electrons. The molecule has 0 saturated carbocycles. The fourth-order valence-corrected chi connectivity index (χ4v) is 3.47. The van der Waals surface area contributed by atoms with Gasteiger partial charge in [-0.3, -0.25) is 0 Å². The summed E-state index contributed by atoms with van der Waals surface area (Å²) < 4.78 is 34.8. The van der Waals surface area contributed by atoms with Gasteiger partial charge in [0, 0.05) is 6.07 Å². The van der Waals surface area contributed by atoms with Crippen LogP contribution in [0.15, 0.2) is 84.0 Å². The number of halogens is 2. The lowest BCUT2D eigenvalue weighted by Gasteiger charge is -2.27. The molecule has 3 aromatic carbocycles. The Morgan fingerprint density at radius 2 is 1.58 bits per heavy atom. The van der Waals surface area contributed by atoms with Crippen molar-refractivity contribution in [1.29, 1.82) is 0 Å². The third-order valence-electron chi connectivity index (χ3n) is 4.68. The van der Waals surface area contributed by atoms with Gasteiger partial charge in [0.25, 0.3) is 11.7 Å². The van der Waals surface area contributed by atoms with Crippen LogP contribution >= 0.6 is 0 Å². The van der Waals surface area contributed by atoms with Crippen LogP contribution in [0.2, 0.25) is 0 Å². The molecule has 0 atom stereocenters. The van der Waals surface area contributed by atoms with Gasteiger partial charge in [0.15, 0.2) is 0 Å². The second-order valence-corrected chi connectivity index (χ2v) is 6.25. The van der Waals surface area contributed by atoms with E-state index in [1.54, 1.807) is 18.2 Å². The lowest BCUT2D eigenvalue weighted by Crippen LogP contribution is -2.63. The maximum Gasteiger partial charge on any atom is 0.736 e. The highest BCUT2D eigenvalue weighted by Gasteiger charge is 2.46. The van der Waals surface area contributed by atoms with E-state index in [1.165, 1.54) is 12.3 Å². The highest BCUT2D eigenvalue weighted by molar-refractivity contribution is 6.53. The van der Waals surface area contributed by atoms with Crippen molar-refractivity contribution in [3.05, 3.63) is 84.6 Å². The summed E-state index contributed by atoms with van der Waals surface area (Å²) in [4.78, 5) is 4.33. The molecule has 1 aliphatic rings. The predicted molar refractivity (Wildman–Crippen MR) is 98.7 cm³/mol. The molecular weight excluding hydrogens is 333 g/mol. The number of rotatable bonds is 1. The Morgan fingerprint density at radius 1 is 0.769 bits per heavy atom. The summed E-state index contributed by atoms with van der Waals surface area (Å²) in [6, 6.07) is 22.3. The molecule has 0 saturated heterocycles. The summed E-state index contributed by atoms with van der Waals surface area (Å²) >= 11 is 0. The van der Waals surface area contributed by atoms with E-state index < -0.39 is 7.04 Å². The predicted octanol–water partition coefficient (Wildman–Crippen LogP) is 4.61. The summed E-state index contributed by atoms with van der Waals surface area (Å²) in [7, 11) is -4.22. The smallest absolute Gasteiger partial charge is 0.590 e. The van der Waals surface area contributed by atoms with Crippen LogP contribution in [0, 0.1) is 0 Å². The molecule has 1 aromatic heterocycles. The van der Waals surface area contributed by atoms with Gasteiger partial charge in [-0.25, -0.2) is 0 Å². The van der Waals surface area contributed by atoms with Crippen LogP contribution in [0.1, 0.15) is 5.56 Å². The van der Waals surface area contributed by atoms with Crippen molar-refractivity contribution < 1.29 is 17.8 Å². The fourth-order valence-electron chi connectivity index (χ4n) is 3.47. The van der Waals surface area contributed by atoms with Crippen LogP contribution < -0.4 is 4.48 Å². The van der Waals surface area contributed by atoms with E-state index in [9.17, 15) is 8.63 Å². The number of fused-ring (bicyclic) bond motifs is 4. The summed E-state index contributed by atoms with van der Waals surface area (Å²) in [5.74, 6) is 0.124. The van der Waals surface area contributed by atoms with Crippen molar-refractivity contribution in [1.82, 2.24) is 0 Å². The van der Waals surface area contributed by atoms with Gasteiger partial charge in [0.1, 0.15) is 0 Å². The van der Waals surface area contributed by atoms with Gasteiger partial charge in [-0.1, -0.05) is 54.6 Å². The second-order valence-electron chi connectivity index (χ2n) is 6.25. The quantitative estimate of drug-likeness (QED) is 0.365. The van der Waals surface area contributed by atoms with Gasteiger partial charge in [-0.15, -0.1) is 0 Å². The highest BCUT2D eigenvalue weighted by atomic mass is 19.3. The first-order valence-electron chi connectivity index (χ1n) is 8.33. The number of hydrogen-bond donors (Lipinski definition) is 0. The molecule has 2 heterocycles. The lowest BCUT2D eigenvalue weighted by molar-refractivity contribution is -0.568. The molecule has 0 aliphatic carbocycles. The third kappa shape index (κ3) is 2.19. The van der Waals surface area contributed by atoms with Crippen molar-refractivity contribution in [3.63, 3.8) is 0 Å². The van der Waals surface area contributed by atoms with Gasteiger partial charge in [0.2, 0.25) is 0 Å². The lowest BCUT2D eigenvalue weighted by atomic mass is 9.97. The zero-order valence-corrected chi connectivity index (χ0v) is 13.6. The van der Waals surface area contributed by atoms with Gasteiger partial charge >= 0.3 is 7.04 Å². The van der Waals surface area contributed by atoms with E-state index in [4.69, 9.17) is 4.65 Å². The summed E-state index contributed by atoms with van der Waals surface area (Å²) in [6.07, 6.45) is 1.28. The van der Waals surface area contributed by atoms with Crippen molar-refractivity contribution in [2.45, 2.75) is 0 Å². The molecule has 0 unspecified atom stereocenters. The zero-order valence-electron chi connectivity index (χ0n) is 13.6. The molecule has 5 rings (SSSR count). The van der Waals surface area contributed by atoms with E-state index in [-0.39, 0.29) is 11.7 Å². The first-order valence-corrected chi connectivity index (χ1v) is 8.33. The van der Waals surface area contributed by atoms with Crippen molar-refractivity contribution in [3.8, 4) is 0 Å². The van der Waals surface area contributed by atoms with Gasteiger partial charge in [-0.2, -0.15) is 0 Å². The number of aliphatic imine (C=N–C) groups is 1. The van der Waals surface area contributed by atoms with Crippen LogP contribution in [0.3, 0.4) is 0 Å². The zero-order chi connectivity index (χ0) is 17.7. The molecule has 0 radical (unpaired) electrons. The van der Waals surface area contributed by atoms with Crippen molar-refractivity contribution >= 4 is 40.3 Å². The van der Waals surface area contributed by atoms with Crippen LogP contribution in [0.4, 0.5) is 14.4 Å². The molecule has 0 fully saturated rings. The Bertz CT molecular complexity index is 1210. The summed E-state index contributed by atoms with van der Waals surface area (Å²) in [6.45, 7) is 0. The van der Waals surface area contributed by atoms with Gasteiger partial charge in [-0.05, 0) is 38.7 Å². The summed E-state index contributed by atoms with van der Waals surface area (Å²) in [5, 5.41) is 3.98. The van der Waals surface area contributed by atoms with E-state index in [0.717, 1.165) is 26.0 Å². The largest absolute Gasteiger partial charge is 0.736 e. The molecule has 3 nitrogen and oxygen atoms in total. The average molecular weight is 346 g/mol. The minimum absolute atomic E-state index is 0.0536. The van der Waals surface area contributed by atoms with E-state index in [2.05, 4.69) is 4.99 Å². The molecular formula is C20H13BF2N2O. The minimum Gasteiger partial charge on any atom is -0.590 e. The Balaban J connectivity index is 1.78. The van der Waals surface area contributed by atoms with E-state index in [1.807, 2.05) is 48.5 Å². The van der Waals surface area contributed by atoms with E-state index >= 15 is 0 Å². The molecule has 4 aromatic rings. The first-order chi connectivity index (χ1) is 12.6. The third-order valence-corrected chi connectivity index (χ3v) is 4.68. The van der Waals surface area contributed by atoms with Crippen LogP contribution in [0.25, 0.3) is 21.5 Å². The second kappa shape index (κ2) is 5.36. The number of aromatic nitrogens is 1. The Kier molecular flexibility index (Phi) is 3.10. The van der Waals surface area contributed by atoms with Gasteiger partial charge < -0.3 is 17.8 Å². The Labute approximate surface area is 148 Å². The fraction of sp³-hybridized carbons (Fsp3) is 0. The van der Waals surface area contributed by atoms with Crippen LogP contribution in [-0.2, 0) is 4.65 Å². The first kappa shape index (κ1) is 15.0. The number of pyridine rings is 1. The average Bonchev–Trinajstić information content (AvgIpc) is 2.67. The highest BCUT2D eigenvalue weighted by Crippen LogP contribution is 2.30. The van der Waals surface area contributed by atoms with Gasteiger partial charge in [0.05, 0.1) is 11.8 Å². The maximum absolute atomic E-state index is 14.5. The van der Waals surface area contributed by atoms with Crippen LogP contribution in [0.5, 0.6) is 0 Å². The number of nitrogens with zero attached hydrogens (tertiary/aromatic N) is 2. The minimum atomic E-state index is -4.22. The van der Waals surface area contributed by atoms with E-state index in [0.29, 0.717) is 5.56 Å². The molecule has 1 aliphatic heterocycles. The molecule has 0 N–H and O–H groups in total. The topological polar surface area (TPSA) is 25.5 Å². The Morgan fingerprint density at radius 3 is 2.50 bits per heavy atom. The molecule has 6 heteroatoms. The number of benzene rings is 3.